The second kappa shape index (κ2) is 8.07. The maximum atomic E-state index is 12.0. The number of halogens is 2. The molecule has 1 aliphatic heterocycles. The van der Waals surface area contributed by atoms with Crippen LogP contribution in [0.5, 0.6) is 0 Å². The lowest BCUT2D eigenvalue weighted by atomic mass is 10.1. The molecule has 1 saturated carbocycles. The van der Waals surface area contributed by atoms with Crippen molar-refractivity contribution in [2.75, 3.05) is 10.6 Å². The van der Waals surface area contributed by atoms with Crippen molar-refractivity contribution in [3.8, 4) is 0 Å². The van der Waals surface area contributed by atoms with Crippen molar-refractivity contribution in [2.24, 2.45) is 0 Å². The molecule has 5 rings (SSSR count). The van der Waals surface area contributed by atoms with E-state index in [2.05, 4.69) is 31.0 Å². The van der Waals surface area contributed by atoms with Gasteiger partial charge in [-0.2, -0.15) is 19.6 Å². The van der Waals surface area contributed by atoms with Crippen LogP contribution >= 0.6 is 23.2 Å². The van der Waals surface area contributed by atoms with Crippen molar-refractivity contribution >= 4 is 58.6 Å². The van der Waals surface area contributed by atoms with Gasteiger partial charge in [0.2, 0.25) is 17.8 Å². The maximum Gasteiger partial charge on any atom is 0.254 e. The fourth-order valence-electron chi connectivity index (χ4n) is 3.49. The molecule has 0 bridgehead atoms. The fraction of sp³-hybridized carbons (Fsp3) is 0.286. The third-order valence-corrected chi connectivity index (χ3v) is 5.88. The minimum atomic E-state index is -0.401. The number of carbonyl (C=O) groups excluding carboxylic acids is 2. The molecule has 3 aromatic rings. The lowest BCUT2D eigenvalue weighted by molar-refractivity contribution is -0.124. The zero-order valence-electron chi connectivity index (χ0n) is 17.0. The lowest BCUT2D eigenvalue weighted by Crippen LogP contribution is -2.19. The highest BCUT2D eigenvalue weighted by atomic mass is 35.5. The van der Waals surface area contributed by atoms with Gasteiger partial charge in [-0.1, -0.05) is 23.2 Å². The number of aromatic nitrogens is 4. The number of nitrogens with zero attached hydrogens (tertiary/aromatic N) is 4. The van der Waals surface area contributed by atoms with Crippen molar-refractivity contribution in [1.82, 2.24) is 24.9 Å². The summed E-state index contributed by atoms with van der Waals surface area (Å²) in [5, 5.41) is 14.5. The van der Waals surface area contributed by atoms with E-state index in [9.17, 15) is 9.59 Å². The van der Waals surface area contributed by atoms with E-state index in [1.807, 2.05) is 6.92 Å². The van der Waals surface area contributed by atoms with Crippen LogP contribution in [0.25, 0.3) is 11.7 Å². The van der Waals surface area contributed by atoms with Gasteiger partial charge in [0.15, 0.2) is 5.65 Å². The Morgan fingerprint density at radius 1 is 1.25 bits per heavy atom. The van der Waals surface area contributed by atoms with Gasteiger partial charge < -0.3 is 10.6 Å². The van der Waals surface area contributed by atoms with Crippen molar-refractivity contribution < 1.29 is 9.59 Å². The summed E-state index contributed by atoms with van der Waals surface area (Å²) in [6, 6.07) is 5.39. The molecule has 11 heteroatoms. The SMILES string of the molecule is CC(Nc1nc(NC2CC2)n2ncc(/C=C3\CC(=O)NC3=O)c2n1)c1cc(Cl)ccc1Cl. The lowest BCUT2D eigenvalue weighted by Gasteiger charge is -2.17. The molecule has 2 aromatic heterocycles. The Labute approximate surface area is 193 Å². The van der Waals surface area contributed by atoms with Gasteiger partial charge in [-0.3, -0.25) is 14.9 Å². The van der Waals surface area contributed by atoms with Gasteiger partial charge in [0.25, 0.3) is 5.91 Å². The number of amides is 2. The van der Waals surface area contributed by atoms with Crippen LogP contribution in [0.15, 0.2) is 30.0 Å². The predicted molar refractivity (Wildman–Crippen MR) is 122 cm³/mol. The first-order valence-corrected chi connectivity index (χ1v) is 10.9. The van der Waals surface area contributed by atoms with Crippen LogP contribution in [-0.2, 0) is 9.59 Å². The van der Waals surface area contributed by atoms with Crippen LogP contribution in [0.4, 0.5) is 11.9 Å². The molecule has 9 nitrogen and oxygen atoms in total. The molecule has 3 N–H and O–H groups in total. The largest absolute Gasteiger partial charge is 0.351 e. The van der Waals surface area contributed by atoms with Crippen LogP contribution in [0.3, 0.4) is 0 Å². The second-order valence-electron chi connectivity index (χ2n) is 7.88. The molecule has 2 fully saturated rings. The standard InChI is InChI=1S/C21H19Cl2N7O2/c1-10(15-8-13(22)2-5-16(15)23)25-20-28-18-12(6-11-7-17(31)27-19(11)32)9-24-30(18)21(29-20)26-14-3-4-14/h2,5-6,8-10,14H,3-4,7H2,1H3,(H,27,31,32)(H2,25,26,28,29)/b11-6+. The van der Waals surface area contributed by atoms with Gasteiger partial charge in [-0.15, -0.1) is 0 Å². The summed E-state index contributed by atoms with van der Waals surface area (Å²) < 4.78 is 1.60. The topological polar surface area (TPSA) is 113 Å². The first-order valence-electron chi connectivity index (χ1n) is 10.2. The van der Waals surface area contributed by atoms with E-state index in [4.69, 9.17) is 23.2 Å². The van der Waals surface area contributed by atoms with Gasteiger partial charge in [0, 0.05) is 27.2 Å². The number of rotatable bonds is 6. The number of imide groups is 1. The number of nitrogens with one attached hydrogen (secondary N) is 3. The zero-order chi connectivity index (χ0) is 22.4. The molecule has 1 aromatic carbocycles. The number of anilines is 2. The van der Waals surface area contributed by atoms with Crippen LogP contribution in [-0.4, -0.2) is 37.4 Å². The van der Waals surface area contributed by atoms with Crippen LogP contribution in [0.2, 0.25) is 10.0 Å². The quantitative estimate of drug-likeness (QED) is 0.371. The molecule has 1 atom stereocenters. The Morgan fingerprint density at radius 3 is 2.78 bits per heavy atom. The van der Waals surface area contributed by atoms with E-state index >= 15 is 0 Å². The molecule has 0 radical (unpaired) electrons. The summed E-state index contributed by atoms with van der Waals surface area (Å²) >= 11 is 12.5. The third-order valence-electron chi connectivity index (χ3n) is 5.30. The minimum Gasteiger partial charge on any atom is -0.351 e. The molecule has 1 saturated heterocycles. The maximum absolute atomic E-state index is 12.0. The summed E-state index contributed by atoms with van der Waals surface area (Å²) in [5.41, 5.74) is 2.31. The molecule has 3 heterocycles. The predicted octanol–water partition coefficient (Wildman–Crippen LogP) is 3.61. The first kappa shape index (κ1) is 20.7. The molecule has 32 heavy (non-hydrogen) atoms. The number of fused-ring (bicyclic) bond motifs is 1. The van der Waals surface area contributed by atoms with Gasteiger partial charge in [-0.25, -0.2) is 0 Å². The highest BCUT2D eigenvalue weighted by Crippen LogP contribution is 2.30. The van der Waals surface area contributed by atoms with Crippen molar-refractivity contribution in [3.05, 3.63) is 51.1 Å². The van der Waals surface area contributed by atoms with Crippen LogP contribution in [0.1, 0.15) is 43.4 Å². The van der Waals surface area contributed by atoms with E-state index < -0.39 is 5.91 Å². The Hall–Kier alpha value is -3.17. The first-order chi connectivity index (χ1) is 15.4. The summed E-state index contributed by atoms with van der Waals surface area (Å²) in [6.45, 7) is 1.94. The van der Waals surface area contributed by atoms with Crippen molar-refractivity contribution in [3.63, 3.8) is 0 Å². The number of carbonyl (C=O) groups is 2. The molecule has 1 aliphatic carbocycles. The Bertz CT molecular complexity index is 1280. The van der Waals surface area contributed by atoms with Gasteiger partial charge >= 0.3 is 0 Å². The van der Waals surface area contributed by atoms with Gasteiger partial charge in [-0.05, 0) is 49.6 Å². The molecule has 0 spiro atoms. The van der Waals surface area contributed by atoms with Gasteiger partial charge in [0.05, 0.1) is 18.7 Å². The second-order valence-corrected chi connectivity index (χ2v) is 8.72. The van der Waals surface area contributed by atoms with E-state index in [-0.39, 0.29) is 18.4 Å². The molecular weight excluding hydrogens is 453 g/mol. The Balaban J connectivity index is 1.53. The highest BCUT2D eigenvalue weighted by Gasteiger charge is 2.26. The van der Waals surface area contributed by atoms with Crippen LogP contribution in [0, 0.1) is 0 Å². The Morgan fingerprint density at radius 2 is 2.06 bits per heavy atom. The van der Waals surface area contributed by atoms with Crippen LogP contribution < -0.4 is 16.0 Å². The monoisotopic (exact) mass is 471 g/mol. The van der Waals surface area contributed by atoms with E-state index in [1.54, 1.807) is 35.0 Å². The minimum absolute atomic E-state index is 0.0316. The molecule has 1 unspecified atom stereocenters. The normalized spacial score (nSPS) is 18.3. The molecule has 164 valence electrons. The fourth-order valence-corrected chi connectivity index (χ4v) is 3.95. The summed E-state index contributed by atoms with van der Waals surface area (Å²) in [5.74, 6) is 0.192. The number of hydrogen-bond donors (Lipinski definition) is 3. The van der Waals surface area contributed by atoms with E-state index in [0.29, 0.717) is 44.8 Å². The zero-order valence-corrected chi connectivity index (χ0v) is 18.5. The molecule has 2 aliphatic rings. The van der Waals surface area contributed by atoms with Gasteiger partial charge in [0.1, 0.15) is 0 Å². The third kappa shape index (κ3) is 4.13. The average Bonchev–Trinajstić information content (AvgIpc) is 3.38. The van der Waals surface area contributed by atoms with Crippen molar-refractivity contribution in [1.29, 1.82) is 0 Å². The summed E-state index contributed by atoms with van der Waals surface area (Å²) in [6.07, 6.45) is 5.39. The van der Waals surface area contributed by atoms with E-state index in [0.717, 1.165) is 18.4 Å². The number of benzene rings is 1. The summed E-state index contributed by atoms with van der Waals surface area (Å²) in [7, 11) is 0. The number of hydrogen-bond acceptors (Lipinski definition) is 7. The van der Waals surface area contributed by atoms with Crippen molar-refractivity contribution in [2.45, 2.75) is 38.3 Å². The highest BCUT2D eigenvalue weighted by molar-refractivity contribution is 6.33. The average molecular weight is 472 g/mol. The smallest absolute Gasteiger partial charge is 0.254 e. The summed E-state index contributed by atoms with van der Waals surface area (Å²) in [4.78, 5) is 32.8. The molecule has 2 amide bonds. The molecular formula is C21H19Cl2N7O2. The van der Waals surface area contributed by atoms with E-state index in [1.165, 1.54) is 0 Å². The Kier molecular flexibility index (Phi) is 5.22.